The van der Waals surface area contributed by atoms with Crippen LogP contribution in [0.1, 0.15) is 38.2 Å². The van der Waals surface area contributed by atoms with Gasteiger partial charge in [-0.25, -0.2) is 4.98 Å². The Labute approximate surface area is 222 Å². The fourth-order valence-electron chi connectivity index (χ4n) is 4.99. The van der Waals surface area contributed by atoms with Gasteiger partial charge in [0.25, 0.3) is 0 Å². The van der Waals surface area contributed by atoms with Gasteiger partial charge in [0.05, 0.1) is 5.52 Å². The zero-order valence-electron chi connectivity index (χ0n) is 21.4. The number of rotatable bonds is 10. The molecule has 1 aromatic heterocycles. The van der Waals surface area contributed by atoms with Gasteiger partial charge in [0.15, 0.2) is 0 Å². The molecule has 7 nitrogen and oxygen atoms in total. The average Bonchev–Trinajstić information content (AvgIpc) is 2.85. The van der Waals surface area contributed by atoms with Crippen LogP contribution in [0.2, 0.25) is 0 Å². The molecule has 1 fully saturated rings. The Morgan fingerprint density at radius 1 is 1.06 bits per heavy atom. The van der Waals surface area contributed by atoms with Crippen LogP contribution in [0.25, 0.3) is 10.9 Å². The van der Waals surface area contributed by atoms with Crippen LogP contribution in [0.5, 0.6) is 0 Å². The standard InChI is InChI=1S/C28H37BrN6O/c1-19(36)31-24(16-20-8-12-22(29)13-9-20)18-30-17-21-10-14-23(15-11-21)32-28-33-26-7-5-4-6-25(26)27(34-28)35(2)3/h4-9,12-13,21,23-24,30H,10-11,14-18H2,1-3H3,(H,31,36)(H,32,33,34). The average molecular weight is 554 g/mol. The third-order valence-corrected chi connectivity index (χ3v) is 7.34. The number of anilines is 2. The summed E-state index contributed by atoms with van der Waals surface area (Å²) in [6.45, 7) is 3.33. The lowest BCUT2D eigenvalue weighted by Gasteiger charge is -2.30. The Kier molecular flexibility index (Phi) is 9.15. The molecule has 1 amide bonds. The number of nitrogens with zero attached hydrogens (tertiary/aromatic N) is 3. The number of nitrogens with one attached hydrogen (secondary N) is 3. The lowest BCUT2D eigenvalue weighted by molar-refractivity contribution is -0.119. The minimum atomic E-state index is 0.0128. The van der Waals surface area contributed by atoms with E-state index in [1.54, 1.807) is 6.92 Å². The summed E-state index contributed by atoms with van der Waals surface area (Å²) in [6.07, 6.45) is 5.35. The van der Waals surface area contributed by atoms with Gasteiger partial charge < -0.3 is 20.9 Å². The highest BCUT2D eigenvalue weighted by Crippen LogP contribution is 2.28. The second-order valence-electron chi connectivity index (χ2n) is 10.0. The van der Waals surface area contributed by atoms with Gasteiger partial charge in [-0.2, -0.15) is 4.98 Å². The molecule has 3 N–H and O–H groups in total. The number of aromatic nitrogens is 2. The molecule has 1 atom stereocenters. The summed E-state index contributed by atoms with van der Waals surface area (Å²) in [4.78, 5) is 23.3. The van der Waals surface area contributed by atoms with E-state index in [0.29, 0.717) is 17.9 Å². The van der Waals surface area contributed by atoms with E-state index in [-0.39, 0.29) is 11.9 Å². The molecule has 0 spiro atoms. The fourth-order valence-corrected chi connectivity index (χ4v) is 5.25. The van der Waals surface area contributed by atoms with Crippen molar-refractivity contribution in [3.63, 3.8) is 0 Å². The van der Waals surface area contributed by atoms with Crippen LogP contribution in [0, 0.1) is 5.92 Å². The van der Waals surface area contributed by atoms with Crippen molar-refractivity contribution in [3.05, 3.63) is 58.6 Å². The molecule has 2 aromatic carbocycles. The van der Waals surface area contributed by atoms with E-state index in [1.165, 1.54) is 5.56 Å². The summed E-state index contributed by atoms with van der Waals surface area (Å²) in [5.74, 6) is 2.31. The third-order valence-electron chi connectivity index (χ3n) is 6.81. The van der Waals surface area contributed by atoms with Crippen LogP contribution in [-0.4, -0.2) is 55.1 Å². The van der Waals surface area contributed by atoms with Crippen LogP contribution in [0.15, 0.2) is 53.0 Å². The number of halogens is 1. The predicted octanol–water partition coefficient (Wildman–Crippen LogP) is 4.77. The Balaban J connectivity index is 1.25. The van der Waals surface area contributed by atoms with Gasteiger partial charge in [-0.1, -0.05) is 40.2 Å². The molecule has 1 aliphatic rings. The topological polar surface area (TPSA) is 82.2 Å². The molecule has 8 heteroatoms. The van der Waals surface area contributed by atoms with Gasteiger partial charge in [0, 0.05) is 49.5 Å². The lowest BCUT2D eigenvalue weighted by atomic mass is 9.86. The molecule has 192 valence electrons. The largest absolute Gasteiger partial charge is 0.362 e. The fraction of sp³-hybridized carbons (Fsp3) is 0.464. The number of carbonyl (C=O) groups is 1. The molecule has 1 aliphatic carbocycles. The summed E-state index contributed by atoms with van der Waals surface area (Å²) in [6, 6.07) is 16.9. The number of hydrogen-bond acceptors (Lipinski definition) is 6. The summed E-state index contributed by atoms with van der Waals surface area (Å²) in [5, 5.41) is 11.4. The van der Waals surface area contributed by atoms with Crippen molar-refractivity contribution in [2.24, 2.45) is 5.92 Å². The van der Waals surface area contributed by atoms with E-state index >= 15 is 0 Å². The smallest absolute Gasteiger partial charge is 0.225 e. The van der Waals surface area contributed by atoms with Crippen LogP contribution in [-0.2, 0) is 11.2 Å². The molecular weight excluding hydrogens is 516 g/mol. The highest BCUT2D eigenvalue weighted by atomic mass is 79.9. The van der Waals surface area contributed by atoms with Crippen LogP contribution >= 0.6 is 15.9 Å². The SMILES string of the molecule is CC(=O)NC(CNCC1CCC(Nc2nc(N(C)C)c3ccccc3n2)CC1)Cc1ccc(Br)cc1. The van der Waals surface area contributed by atoms with Gasteiger partial charge in [0.1, 0.15) is 5.82 Å². The maximum absolute atomic E-state index is 11.7. The summed E-state index contributed by atoms with van der Waals surface area (Å²) in [5.41, 5.74) is 2.19. The van der Waals surface area contributed by atoms with Gasteiger partial charge >= 0.3 is 0 Å². The zero-order chi connectivity index (χ0) is 25.5. The second-order valence-corrected chi connectivity index (χ2v) is 10.9. The quantitative estimate of drug-likeness (QED) is 0.336. The first kappa shape index (κ1) is 26.4. The zero-order valence-corrected chi connectivity index (χ0v) is 23.0. The third kappa shape index (κ3) is 7.40. The minimum Gasteiger partial charge on any atom is -0.362 e. The molecule has 1 saturated carbocycles. The molecule has 0 radical (unpaired) electrons. The summed E-state index contributed by atoms with van der Waals surface area (Å²) < 4.78 is 1.07. The lowest BCUT2D eigenvalue weighted by Crippen LogP contribution is -2.44. The molecule has 0 bridgehead atoms. The molecule has 3 aromatic rings. The molecular formula is C28H37BrN6O. The first-order valence-electron chi connectivity index (χ1n) is 12.8. The summed E-state index contributed by atoms with van der Waals surface area (Å²) >= 11 is 3.48. The van der Waals surface area contributed by atoms with Crippen molar-refractivity contribution in [1.29, 1.82) is 0 Å². The maximum Gasteiger partial charge on any atom is 0.225 e. The van der Waals surface area contributed by atoms with E-state index in [4.69, 9.17) is 9.97 Å². The predicted molar refractivity (Wildman–Crippen MR) is 152 cm³/mol. The molecule has 0 aliphatic heterocycles. The van der Waals surface area contributed by atoms with E-state index in [0.717, 1.165) is 66.4 Å². The van der Waals surface area contributed by atoms with Crippen molar-refractivity contribution < 1.29 is 4.79 Å². The van der Waals surface area contributed by atoms with Crippen molar-refractivity contribution in [1.82, 2.24) is 20.6 Å². The van der Waals surface area contributed by atoms with Crippen LogP contribution in [0.3, 0.4) is 0 Å². The summed E-state index contributed by atoms with van der Waals surface area (Å²) in [7, 11) is 4.04. The Morgan fingerprint density at radius 2 is 1.78 bits per heavy atom. The van der Waals surface area contributed by atoms with Crippen molar-refractivity contribution >= 4 is 44.5 Å². The first-order chi connectivity index (χ1) is 17.4. The molecule has 1 heterocycles. The number of carbonyl (C=O) groups excluding carboxylic acids is 1. The maximum atomic E-state index is 11.7. The van der Waals surface area contributed by atoms with Gasteiger partial charge in [-0.3, -0.25) is 4.79 Å². The number of amides is 1. The highest BCUT2D eigenvalue weighted by Gasteiger charge is 2.22. The van der Waals surface area contributed by atoms with E-state index in [2.05, 4.69) is 50.1 Å². The monoisotopic (exact) mass is 552 g/mol. The van der Waals surface area contributed by atoms with Crippen molar-refractivity contribution in [2.45, 2.75) is 51.1 Å². The van der Waals surface area contributed by atoms with E-state index in [9.17, 15) is 4.79 Å². The number of benzene rings is 2. The van der Waals surface area contributed by atoms with Gasteiger partial charge in [-0.05, 0) is 74.4 Å². The van der Waals surface area contributed by atoms with Crippen LogP contribution in [0.4, 0.5) is 11.8 Å². The Morgan fingerprint density at radius 3 is 2.47 bits per heavy atom. The minimum absolute atomic E-state index is 0.0128. The van der Waals surface area contributed by atoms with Gasteiger partial charge in [0.2, 0.25) is 11.9 Å². The number of fused-ring (bicyclic) bond motifs is 1. The molecule has 36 heavy (non-hydrogen) atoms. The molecule has 0 saturated heterocycles. The first-order valence-corrected chi connectivity index (χ1v) is 13.6. The van der Waals surface area contributed by atoms with Crippen LogP contribution < -0.4 is 20.9 Å². The molecule has 1 unspecified atom stereocenters. The van der Waals surface area contributed by atoms with Crippen molar-refractivity contribution in [2.75, 3.05) is 37.4 Å². The van der Waals surface area contributed by atoms with Crippen molar-refractivity contribution in [3.8, 4) is 0 Å². The van der Waals surface area contributed by atoms with Gasteiger partial charge in [-0.15, -0.1) is 0 Å². The highest BCUT2D eigenvalue weighted by molar-refractivity contribution is 9.10. The van der Waals surface area contributed by atoms with E-state index < -0.39 is 0 Å². The number of para-hydroxylation sites is 1. The number of hydrogen-bond donors (Lipinski definition) is 3. The van der Waals surface area contributed by atoms with E-state index in [1.807, 2.05) is 49.3 Å². The second kappa shape index (κ2) is 12.5. The Hall–Kier alpha value is -2.71. The Bertz CT molecular complexity index is 1140. The molecule has 4 rings (SSSR count). The normalized spacial score (nSPS) is 18.6.